The quantitative estimate of drug-likeness (QED) is 0.758. The molecule has 0 spiro atoms. The standard InChI is InChI=1S/C13H14N2O3/c1-9(2)13-14-12(15-18-13)8-17-11-6-4-3-5-10(11)7-16/h3-7,9H,8H2,1-2H3. The molecule has 1 heterocycles. The first kappa shape index (κ1) is 12.3. The topological polar surface area (TPSA) is 65.2 Å². The van der Waals surface area contributed by atoms with Gasteiger partial charge in [0.15, 0.2) is 12.9 Å². The fourth-order valence-corrected chi connectivity index (χ4v) is 1.41. The smallest absolute Gasteiger partial charge is 0.229 e. The van der Waals surface area contributed by atoms with E-state index in [1.165, 1.54) is 0 Å². The molecule has 2 aromatic rings. The van der Waals surface area contributed by atoms with Crippen LogP contribution < -0.4 is 4.74 Å². The van der Waals surface area contributed by atoms with E-state index < -0.39 is 0 Å². The van der Waals surface area contributed by atoms with Crippen molar-refractivity contribution in [2.45, 2.75) is 26.4 Å². The molecular weight excluding hydrogens is 232 g/mol. The Balaban J connectivity index is 2.04. The summed E-state index contributed by atoms with van der Waals surface area (Å²) in [6.45, 7) is 4.13. The van der Waals surface area contributed by atoms with Gasteiger partial charge < -0.3 is 9.26 Å². The molecule has 0 saturated heterocycles. The molecule has 2 rings (SSSR count). The highest BCUT2D eigenvalue weighted by Crippen LogP contribution is 2.17. The lowest BCUT2D eigenvalue weighted by Gasteiger charge is -2.04. The van der Waals surface area contributed by atoms with Gasteiger partial charge in [-0.25, -0.2) is 0 Å². The Morgan fingerprint density at radius 3 is 2.83 bits per heavy atom. The molecule has 0 aliphatic heterocycles. The second-order valence-corrected chi connectivity index (χ2v) is 4.15. The van der Waals surface area contributed by atoms with Crippen molar-refractivity contribution in [3.05, 3.63) is 41.5 Å². The highest BCUT2D eigenvalue weighted by Gasteiger charge is 2.10. The third-order valence-corrected chi connectivity index (χ3v) is 2.38. The number of aldehydes is 1. The molecule has 0 fully saturated rings. The zero-order valence-corrected chi connectivity index (χ0v) is 10.3. The molecule has 5 nitrogen and oxygen atoms in total. The van der Waals surface area contributed by atoms with Crippen LogP contribution in [0, 0.1) is 0 Å². The van der Waals surface area contributed by atoms with Gasteiger partial charge in [-0.05, 0) is 12.1 Å². The SMILES string of the molecule is CC(C)c1nc(COc2ccccc2C=O)no1. The number of aromatic nitrogens is 2. The van der Waals surface area contributed by atoms with E-state index in [9.17, 15) is 4.79 Å². The van der Waals surface area contributed by atoms with Crippen LogP contribution in [-0.2, 0) is 6.61 Å². The Bertz CT molecular complexity index is 535. The predicted octanol–water partition coefficient (Wildman–Crippen LogP) is 2.58. The van der Waals surface area contributed by atoms with Crippen LogP contribution in [0.1, 0.15) is 41.8 Å². The molecule has 0 radical (unpaired) electrons. The first-order valence-electron chi connectivity index (χ1n) is 5.70. The first-order valence-corrected chi connectivity index (χ1v) is 5.70. The number of benzene rings is 1. The lowest BCUT2D eigenvalue weighted by Crippen LogP contribution is -2.00. The maximum absolute atomic E-state index is 10.8. The molecule has 0 aliphatic carbocycles. The molecule has 0 saturated carbocycles. The molecule has 94 valence electrons. The van der Waals surface area contributed by atoms with Gasteiger partial charge in [0.05, 0.1) is 5.56 Å². The average Bonchev–Trinajstić information content (AvgIpc) is 2.85. The van der Waals surface area contributed by atoms with Gasteiger partial charge in [0.1, 0.15) is 5.75 Å². The minimum absolute atomic E-state index is 0.182. The summed E-state index contributed by atoms with van der Waals surface area (Å²) in [4.78, 5) is 15.0. The molecule has 0 amide bonds. The third kappa shape index (κ3) is 2.74. The van der Waals surface area contributed by atoms with E-state index in [1.807, 2.05) is 13.8 Å². The van der Waals surface area contributed by atoms with Crippen LogP contribution in [0.5, 0.6) is 5.75 Å². The van der Waals surface area contributed by atoms with Crippen LogP contribution in [0.4, 0.5) is 0 Å². The van der Waals surface area contributed by atoms with Crippen LogP contribution in [0.3, 0.4) is 0 Å². The van der Waals surface area contributed by atoms with Crippen molar-refractivity contribution < 1.29 is 14.1 Å². The number of nitrogens with zero attached hydrogens (tertiary/aromatic N) is 2. The molecule has 5 heteroatoms. The Hall–Kier alpha value is -2.17. The van der Waals surface area contributed by atoms with Crippen LogP contribution in [-0.4, -0.2) is 16.4 Å². The minimum Gasteiger partial charge on any atom is -0.485 e. The summed E-state index contributed by atoms with van der Waals surface area (Å²) in [5, 5.41) is 3.81. The molecular formula is C13H14N2O3. The average molecular weight is 246 g/mol. The van der Waals surface area contributed by atoms with Crippen molar-refractivity contribution in [3.63, 3.8) is 0 Å². The van der Waals surface area contributed by atoms with Crippen molar-refractivity contribution in [1.82, 2.24) is 10.1 Å². The van der Waals surface area contributed by atoms with Gasteiger partial charge in [0.25, 0.3) is 0 Å². The molecule has 0 N–H and O–H groups in total. The number of carbonyl (C=O) groups is 1. The van der Waals surface area contributed by atoms with Crippen molar-refractivity contribution >= 4 is 6.29 Å². The number of carbonyl (C=O) groups excluding carboxylic acids is 1. The van der Waals surface area contributed by atoms with E-state index in [4.69, 9.17) is 9.26 Å². The Morgan fingerprint density at radius 2 is 2.17 bits per heavy atom. The molecule has 0 bridgehead atoms. The number of para-hydroxylation sites is 1. The maximum atomic E-state index is 10.8. The Labute approximate surface area is 105 Å². The second kappa shape index (κ2) is 5.44. The monoisotopic (exact) mass is 246 g/mol. The summed E-state index contributed by atoms with van der Waals surface area (Å²) in [5.74, 6) is 1.76. The lowest BCUT2D eigenvalue weighted by molar-refractivity contribution is 0.111. The highest BCUT2D eigenvalue weighted by atomic mass is 16.5. The van der Waals surface area contributed by atoms with E-state index in [2.05, 4.69) is 10.1 Å². The van der Waals surface area contributed by atoms with Gasteiger partial charge in [-0.2, -0.15) is 4.98 Å². The van der Waals surface area contributed by atoms with Gasteiger partial charge in [0, 0.05) is 5.92 Å². The fraction of sp³-hybridized carbons (Fsp3) is 0.308. The van der Waals surface area contributed by atoms with Gasteiger partial charge in [0.2, 0.25) is 11.7 Å². The fourth-order valence-electron chi connectivity index (χ4n) is 1.41. The minimum atomic E-state index is 0.182. The number of hydrogen-bond donors (Lipinski definition) is 0. The van der Waals surface area contributed by atoms with Gasteiger partial charge >= 0.3 is 0 Å². The largest absolute Gasteiger partial charge is 0.485 e. The summed E-state index contributed by atoms with van der Waals surface area (Å²) in [6.07, 6.45) is 0.755. The second-order valence-electron chi connectivity index (χ2n) is 4.15. The van der Waals surface area contributed by atoms with Gasteiger partial charge in [-0.1, -0.05) is 31.1 Å². The third-order valence-electron chi connectivity index (χ3n) is 2.38. The zero-order valence-electron chi connectivity index (χ0n) is 10.3. The van der Waals surface area contributed by atoms with Crippen molar-refractivity contribution in [2.75, 3.05) is 0 Å². The van der Waals surface area contributed by atoms with E-state index in [-0.39, 0.29) is 12.5 Å². The number of rotatable bonds is 5. The van der Waals surface area contributed by atoms with Crippen molar-refractivity contribution in [2.24, 2.45) is 0 Å². The van der Waals surface area contributed by atoms with Crippen LogP contribution in [0.25, 0.3) is 0 Å². The summed E-state index contributed by atoms with van der Waals surface area (Å²) in [5.41, 5.74) is 0.505. The summed E-state index contributed by atoms with van der Waals surface area (Å²) in [6, 6.07) is 7.01. The van der Waals surface area contributed by atoms with Gasteiger partial charge in [-0.15, -0.1) is 0 Å². The molecule has 1 aromatic carbocycles. The highest BCUT2D eigenvalue weighted by molar-refractivity contribution is 5.79. The molecule has 0 atom stereocenters. The lowest BCUT2D eigenvalue weighted by atomic mass is 10.2. The number of hydrogen-bond acceptors (Lipinski definition) is 5. The van der Waals surface area contributed by atoms with Crippen molar-refractivity contribution in [1.29, 1.82) is 0 Å². The first-order chi connectivity index (χ1) is 8.70. The van der Waals surface area contributed by atoms with E-state index >= 15 is 0 Å². The van der Waals surface area contributed by atoms with Gasteiger partial charge in [-0.3, -0.25) is 4.79 Å². The maximum Gasteiger partial charge on any atom is 0.229 e. The molecule has 1 aromatic heterocycles. The van der Waals surface area contributed by atoms with Crippen molar-refractivity contribution in [3.8, 4) is 5.75 Å². The van der Waals surface area contributed by atoms with E-state index in [0.717, 1.165) is 6.29 Å². The van der Waals surface area contributed by atoms with Crippen LogP contribution >= 0.6 is 0 Å². The molecule has 18 heavy (non-hydrogen) atoms. The predicted molar refractivity (Wildman–Crippen MR) is 64.5 cm³/mol. The van der Waals surface area contributed by atoms with E-state index in [1.54, 1.807) is 24.3 Å². The summed E-state index contributed by atoms with van der Waals surface area (Å²) >= 11 is 0. The van der Waals surface area contributed by atoms with Crippen LogP contribution in [0.2, 0.25) is 0 Å². The molecule has 0 aliphatic rings. The summed E-state index contributed by atoms with van der Waals surface area (Å²) < 4.78 is 10.6. The summed E-state index contributed by atoms with van der Waals surface area (Å²) in [7, 11) is 0. The van der Waals surface area contributed by atoms with E-state index in [0.29, 0.717) is 23.0 Å². The Kier molecular flexibility index (Phi) is 3.72. The van der Waals surface area contributed by atoms with Crippen LogP contribution in [0.15, 0.2) is 28.8 Å². The zero-order chi connectivity index (χ0) is 13.0. The normalized spacial score (nSPS) is 10.6. The number of ether oxygens (including phenoxy) is 1. The molecule has 0 unspecified atom stereocenters. The Morgan fingerprint density at radius 1 is 1.39 bits per heavy atom.